The summed E-state index contributed by atoms with van der Waals surface area (Å²) in [5.74, 6) is -0.0934. The van der Waals surface area contributed by atoms with Gasteiger partial charge in [-0.3, -0.25) is 0 Å². The number of fused-ring (bicyclic) bond motifs is 2. The lowest BCUT2D eigenvalue weighted by molar-refractivity contribution is -0.0850. The van der Waals surface area contributed by atoms with Crippen LogP contribution in [-0.2, 0) is 0 Å². The summed E-state index contributed by atoms with van der Waals surface area (Å²) in [5.41, 5.74) is 0. The lowest BCUT2D eigenvalue weighted by Gasteiger charge is -2.12. The van der Waals surface area contributed by atoms with Gasteiger partial charge in [-0.15, -0.1) is 11.8 Å². The Balaban J connectivity index is 2.31. The number of hydrogen-bond donors (Lipinski definition) is 0. The fourth-order valence-corrected chi connectivity index (χ4v) is 3.19. The van der Waals surface area contributed by atoms with Gasteiger partial charge in [0.2, 0.25) is 0 Å². The quantitative estimate of drug-likeness (QED) is 0.568. The molecule has 1 saturated heterocycles. The number of allylic oxidation sites excluding steroid dienone is 3. The zero-order valence-corrected chi connectivity index (χ0v) is 8.01. The first-order valence-electron chi connectivity index (χ1n) is 3.80. The maximum atomic E-state index is 12.2. The van der Waals surface area contributed by atoms with E-state index in [1.165, 1.54) is 11.8 Å². The molecule has 0 N–H and O–H groups in total. The van der Waals surface area contributed by atoms with Gasteiger partial charge in [-0.1, -0.05) is 23.8 Å². The first-order chi connectivity index (χ1) is 5.98. The van der Waals surface area contributed by atoms with E-state index in [1.807, 2.05) is 12.2 Å². The van der Waals surface area contributed by atoms with Crippen molar-refractivity contribution in [3.05, 3.63) is 22.1 Å². The first-order valence-corrected chi connectivity index (χ1v) is 5.06. The van der Waals surface area contributed by atoms with Crippen molar-refractivity contribution in [1.82, 2.24) is 0 Å². The molecule has 5 heteroatoms. The van der Waals surface area contributed by atoms with Crippen molar-refractivity contribution in [2.75, 3.05) is 0 Å². The third-order valence-corrected chi connectivity index (χ3v) is 4.07. The lowest BCUT2D eigenvalue weighted by Crippen LogP contribution is -2.10. The van der Waals surface area contributed by atoms with Crippen molar-refractivity contribution in [3.63, 3.8) is 0 Å². The highest BCUT2D eigenvalue weighted by Gasteiger charge is 2.42. The second-order valence-corrected chi connectivity index (χ2v) is 4.72. The Bertz CT molecular complexity index is 292. The summed E-state index contributed by atoms with van der Waals surface area (Å²) >= 11 is 6.49. The summed E-state index contributed by atoms with van der Waals surface area (Å²) in [6.45, 7) is 0. The van der Waals surface area contributed by atoms with Crippen LogP contribution >= 0.6 is 23.4 Å². The van der Waals surface area contributed by atoms with E-state index in [-0.39, 0.29) is 11.2 Å². The van der Waals surface area contributed by atoms with Gasteiger partial charge in [-0.2, -0.15) is 13.2 Å². The summed E-state index contributed by atoms with van der Waals surface area (Å²) in [4.78, 5) is 0.293. The minimum atomic E-state index is -4.39. The molecule has 0 saturated carbocycles. The molecule has 0 aromatic heterocycles. The van der Waals surface area contributed by atoms with Crippen LogP contribution in [0.3, 0.4) is 0 Å². The Kier molecular flexibility index (Phi) is 2.15. The smallest absolute Gasteiger partial charge is 0.165 e. The molecule has 0 aromatic carbocycles. The van der Waals surface area contributed by atoms with E-state index in [1.54, 1.807) is 0 Å². The van der Waals surface area contributed by atoms with Gasteiger partial charge >= 0.3 is 6.18 Å². The average molecular weight is 227 g/mol. The summed E-state index contributed by atoms with van der Waals surface area (Å²) in [6.07, 6.45) is 0.137. The highest BCUT2D eigenvalue weighted by atomic mass is 35.5. The summed E-state index contributed by atoms with van der Waals surface area (Å²) in [7, 11) is 0. The van der Waals surface area contributed by atoms with Crippen molar-refractivity contribution < 1.29 is 13.2 Å². The third-order valence-electron chi connectivity index (χ3n) is 2.12. The van der Waals surface area contributed by atoms with Gasteiger partial charge in [-0.05, 0) is 6.42 Å². The number of rotatable bonds is 0. The molecule has 2 unspecified atom stereocenters. The molecule has 2 atom stereocenters. The molecule has 0 radical (unpaired) electrons. The molecule has 1 heterocycles. The fourth-order valence-electron chi connectivity index (χ4n) is 1.55. The maximum absolute atomic E-state index is 12.2. The predicted molar refractivity (Wildman–Crippen MR) is 47.6 cm³/mol. The van der Waals surface area contributed by atoms with Crippen molar-refractivity contribution in [1.29, 1.82) is 0 Å². The molecular formula is C8H6ClF3S. The van der Waals surface area contributed by atoms with Crippen molar-refractivity contribution in [2.24, 2.45) is 5.92 Å². The van der Waals surface area contributed by atoms with Crippen molar-refractivity contribution >= 4 is 23.4 Å². The van der Waals surface area contributed by atoms with Crippen LogP contribution < -0.4 is 0 Å². The SMILES string of the molecule is FC(F)(F)C(Cl)=C1SC2C=CC1C2. The summed E-state index contributed by atoms with van der Waals surface area (Å²) < 4.78 is 36.6. The molecule has 0 amide bonds. The molecule has 2 bridgehead atoms. The van der Waals surface area contributed by atoms with Crippen LogP contribution in [0.5, 0.6) is 0 Å². The van der Waals surface area contributed by atoms with Crippen LogP contribution in [0.25, 0.3) is 0 Å². The number of alkyl halides is 3. The fraction of sp³-hybridized carbons (Fsp3) is 0.500. The molecule has 0 spiro atoms. The van der Waals surface area contributed by atoms with Gasteiger partial charge in [0, 0.05) is 16.1 Å². The normalized spacial score (nSPS) is 35.7. The van der Waals surface area contributed by atoms with Crippen LogP contribution in [0.1, 0.15) is 6.42 Å². The average Bonchev–Trinajstić information content (AvgIpc) is 2.60. The number of halogens is 4. The van der Waals surface area contributed by atoms with Crippen LogP contribution in [0.2, 0.25) is 0 Å². The largest absolute Gasteiger partial charge is 0.427 e. The Hall–Kier alpha value is -0.0900. The van der Waals surface area contributed by atoms with Gasteiger partial charge in [0.25, 0.3) is 0 Å². The van der Waals surface area contributed by atoms with E-state index >= 15 is 0 Å². The zero-order valence-electron chi connectivity index (χ0n) is 6.44. The molecular weight excluding hydrogens is 221 g/mol. The maximum Gasteiger partial charge on any atom is 0.427 e. The van der Waals surface area contributed by atoms with Crippen molar-refractivity contribution in [3.8, 4) is 0 Å². The van der Waals surface area contributed by atoms with E-state index in [4.69, 9.17) is 11.6 Å². The van der Waals surface area contributed by atoms with E-state index in [2.05, 4.69) is 0 Å². The van der Waals surface area contributed by atoms with Gasteiger partial charge in [0.05, 0.1) is 0 Å². The molecule has 1 fully saturated rings. The Morgan fingerprint density at radius 3 is 2.54 bits per heavy atom. The van der Waals surface area contributed by atoms with Crippen LogP contribution in [0.4, 0.5) is 13.2 Å². The zero-order chi connectivity index (χ0) is 9.64. The third kappa shape index (κ3) is 1.62. The Labute approximate surface area is 82.8 Å². The van der Waals surface area contributed by atoms with E-state index in [9.17, 15) is 13.2 Å². The molecule has 2 rings (SSSR count). The van der Waals surface area contributed by atoms with Gasteiger partial charge in [0.15, 0.2) is 0 Å². The van der Waals surface area contributed by atoms with E-state index in [0.29, 0.717) is 4.91 Å². The van der Waals surface area contributed by atoms with E-state index < -0.39 is 11.2 Å². The Morgan fingerprint density at radius 2 is 2.15 bits per heavy atom. The highest BCUT2D eigenvalue weighted by Crippen LogP contribution is 2.52. The second kappa shape index (κ2) is 2.95. The van der Waals surface area contributed by atoms with Gasteiger partial charge in [-0.25, -0.2) is 0 Å². The van der Waals surface area contributed by atoms with Crippen LogP contribution in [-0.4, -0.2) is 11.4 Å². The molecule has 13 heavy (non-hydrogen) atoms. The predicted octanol–water partition coefficient (Wildman–Crippen LogP) is 3.69. The first kappa shape index (κ1) is 9.46. The van der Waals surface area contributed by atoms with Gasteiger partial charge < -0.3 is 0 Å². The topological polar surface area (TPSA) is 0 Å². The number of thioether (sulfide) groups is 1. The summed E-state index contributed by atoms with van der Waals surface area (Å²) in [5, 5.41) is -0.731. The molecule has 2 aliphatic rings. The lowest BCUT2D eigenvalue weighted by atomic mass is 10.1. The summed E-state index contributed by atoms with van der Waals surface area (Å²) in [6, 6.07) is 0. The van der Waals surface area contributed by atoms with Crippen LogP contribution in [0.15, 0.2) is 22.1 Å². The molecule has 1 aliphatic carbocycles. The molecule has 72 valence electrons. The van der Waals surface area contributed by atoms with Gasteiger partial charge in [0.1, 0.15) is 5.03 Å². The standard InChI is InChI=1S/C8H6ClF3S/c9-7(8(10,11)12)6-4-1-2-5(3-4)13-6/h1-2,4-5H,3H2. The molecule has 0 aromatic rings. The monoisotopic (exact) mass is 226 g/mol. The Morgan fingerprint density at radius 1 is 1.46 bits per heavy atom. The highest BCUT2D eigenvalue weighted by molar-refractivity contribution is 8.04. The van der Waals surface area contributed by atoms with Crippen molar-refractivity contribution in [2.45, 2.75) is 17.8 Å². The second-order valence-electron chi connectivity index (χ2n) is 3.06. The van der Waals surface area contributed by atoms with E-state index in [0.717, 1.165) is 6.42 Å². The minimum absolute atomic E-state index is 0.0934. The minimum Gasteiger partial charge on any atom is -0.165 e. The molecule has 0 nitrogen and oxygen atoms in total. The van der Waals surface area contributed by atoms with Crippen LogP contribution in [0, 0.1) is 5.92 Å². The number of hydrogen-bond acceptors (Lipinski definition) is 1. The molecule has 1 aliphatic heterocycles.